The van der Waals surface area contributed by atoms with Gasteiger partial charge in [0.2, 0.25) is 5.43 Å². The lowest BCUT2D eigenvalue weighted by Crippen LogP contribution is -2.29. The van der Waals surface area contributed by atoms with Gasteiger partial charge in [-0.2, -0.15) is 5.26 Å². The molecular formula is C31H37ClN4O4S2Si. The Bertz CT molecular complexity index is 1690. The minimum atomic E-state index is -1.28. The van der Waals surface area contributed by atoms with Crippen LogP contribution < -0.4 is 10.7 Å². The van der Waals surface area contributed by atoms with Crippen molar-refractivity contribution in [3.63, 3.8) is 0 Å². The minimum Gasteiger partial charge on any atom is -0.386 e. The molecule has 0 fully saturated rings. The summed E-state index contributed by atoms with van der Waals surface area (Å²) in [5.74, 6) is -0.437. The maximum atomic E-state index is 13.7. The van der Waals surface area contributed by atoms with Gasteiger partial charge in [0.25, 0.3) is 5.91 Å². The number of halogens is 1. The van der Waals surface area contributed by atoms with Crippen LogP contribution in [0.4, 0.5) is 0 Å². The van der Waals surface area contributed by atoms with Crippen molar-refractivity contribution in [1.82, 2.24) is 14.8 Å². The van der Waals surface area contributed by atoms with Gasteiger partial charge >= 0.3 is 0 Å². The number of rotatable bonds is 13. The summed E-state index contributed by atoms with van der Waals surface area (Å²) in [7, 11) is 2.47. The fourth-order valence-electron chi connectivity index (χ4n) is 4.63. The van der Waals surface area contributed by atoms with Crippen LogP contribution in [0, 0.1) is 11.3 Å². The lowest BCUT2D eigenvalue weighted by molar-refractivity contribution is 0.0949. The molecule has 0 spiro atoms. The number of fused-ring (bicyclic) bond motifs is 1. The number of carbonyl (C=O) groups is 1. The average molecular weight is 657 g/mol. The van der Waals surface area contributed by atoms with Gasteiger partial charge in [-0.3, -0.25) is 14.5 Å². The zero-order chi connectivity index (χ0) is 31.3. The molecule has 1 unspecified atom stereocenters. The third-order valence-electron chi connectivity index (χ3n) is 7.01. The fraction of sp³-hybridized carbons (Fsp3) is 0.387. The highest BCUT2D eigenvalue weighted by Crippen LogP contribution is 2.32. The van der Waals surface area contributed by atoms with Gasteiger partial charge in [-0.15, -0.1) is 22.7 Å². The second-order valence-corrected chi connectivity index (χ2v) is 20.1. The van der Waals surface area contributed by atoms with Crippen LogP contribution >= 0.6 is 34.3 Å². The Labute approximate surface area is 266 Å². The maximum absolute atomic E-state index is 13.7. The van der Waals surface area contributed by atoms with E-state index < -0.39 is 20.1 Å². The van der Waals surface area contributed by atoms with Crippen molar-refractivity contribution < 1.29 is 14.6 Å². The summed E-state index contributed by atoms with van der Waals surface area (Å²) in [5, 5.41) is 23.4. The van der Waals surface area contributed by atoms with E-state index in [9.17, 15) is 14.7 Å². The average Bonchev–Trinajstić information content (AvgIpc) is 3.57. The summed E-state index contributed by atoms with van der Waals surface area (Å²) < 4.78 is 8.51. The van der Waals surface area contributed by atoms with Crippen LogP contribution in [-0.2, 0) is 31.5 Å². The van der Waals surface area contributed by atoms with Crippen molar-refractivity contribution in [3.8, 4) is 6.07 Å². The molecule has 0 radical (unpaired) electrons. The van der Waals surface area contributed by atoms with E-state index in [1.165, 1.54) is 22.7 Å². The third kappa shape index (κ3) is 8.64. The number of nitriles is 1. The predicted octanol–water partition coefficient (Wildman–Crippen LogP) is 6.14. The Kier molecular flexibility index (Phi) is 11.0. The van der Waals surface area contributed by atoms with Gasteiger partial charge in [0, 0.05) is 67.9 Å². The number of pyridine rings is 1. The highest BCUT2D eigenvalue weighted by molar-refractivity contribution is 7.19. The number of carbonyl (C=O) groups excluding carboxylic acids is 1. The molecule has 1 amide bonds. The van der Waals surface area contributed by atoms with E-state index in [-0.39, 0.29) is 17.5 Å². The van der Waals surface area contributed by atoms with Crippen molar-refractivity contribution in [2.45, 2.75) is 51.5 Å². The summed E-state index contributed by atoms with van der Waals surface area (Å²) in [6.07, 6.45) is 0.853. The number of aliphatic hydroxyl groups is 1. The monoisotopic (exact) mass is 656 g/mol. The maximum Gasteiger partial charge on any atom is 0.257 e. The van der Waals surface area contributed by atoms with E-state index >= 15 is 0 Å². The van der Waals surface area contributed by atoms with Gasteiger partial charge in [0.1, 0.15) is 22.6 Å². The van der Waals surface area contributed by atoms with Gasteiger partial charge < -0.3 is 19.7 Å². The molecule has 4 rings (SSSR count). The van der Waals surface area contributed by atoms with E-state index in [4.69, 9.17) is 21.6 Å². The van der Waals surface area contributed by atoms with E-state index in [2.05, 4.69) is 31.0 Å². The Morgan fingerprint density at radius 3 is 2.58 bits per heavy atom. The Balaban J connectivity index is 1.60. The highest BCUT2D eigenvalue weighted by Gasteiger charge is 2.23. The number of thiophene rings is 2. The number of aryl methyl sites for hydroxylation is 1. The Hall–Kier alpha value is -2.82. The predicted molar refractivity (Wildman–Crippen MR) is 178 cm³/mol. The summed E-state index contributed by atoms with van der Waals surface area (Å²) in [5.41, 5.74) is 2.33. The van der Waals surface area contributed by atoms with Crippen molar-refractivity contribution in [2.75, 3.05) is 20.2 Å². The van der Waals surface area contributed by atoms with E-state index in [0.29, 0.717) is 40.9 Å². The van der Waals surface area contributed by atoms with Crippen LogP contribution in [0.2, 0.25) is 30.7 Å². The molecular weight excluding hydrogens is 620 g/mol. The second-order valence-electron chi connectivity index (χ2n) is 11.9. The van der Waals surface area contributed by atoms with Crippen LogP contribution in [0.15, 0.2) is 47.4 Å². The molecule has 12 heteroatoms. The first-order chi connectivity index (χ1) is 20.4. The molecule has 0 saturated heterocycles. The number of benzene rings is 1. The summed E-state index contributed by atoms with van der Waals surface area (Å²) >= 11 is 8.62. The van der Waals surface area contributed by atoms with Gasteiger partial charge in [0.15, 0.2) is 0 Å². The molecule has 0 saturated carbocycles. The Morgan fingerprint density at radius 2 is 1.93 bits per heavy atom. The molecule has 8 nitrogen and oxygen atoms in total. The highest BCUT2D eigenvalue weighted by atomic mass is 35.5. The Morgan fingerprint density at radius 1 is 1.21 bits per heavy atom. The molecule has 3 heterocycles. The number of nitrogens with one attached hydrogen (secondary N) is 1. The van der Waals surface area contributed by atoms with Crippen molar-refractivity contribution in [3.05, 3.63) is 89.2 Å². The number of hydrogen-bond acceptors (Lipinski definition) is 8. The van der Waals surface area contributed by atoms with Crippen molar-refractivity contribution >= 4 is 58.5 Å². The van der Waals surface area contributed by atoms with Crippen LogP contribution in [0.3, 0.4) is 0 Å². The standard InChI is InChI=1S/C31H37ClN4O4S2Si/c1-35(17-25(37)26-11-10-22(14-33)41-26)18-27-24(19-40-12-13-43(3,4)5)28-30(42-27)29(38)23(16-36(28)2)31(39)34-15-20-6-8-21(32)9-7-20/h6-11,16,25,37H,12-13,15,17-19H2,1-5H3,(H,34,39). The molecule has 4 aromatic rings. The number of likely N-dealkylation sites (N-methyl/N-ethyl adjacent to an activating group) is 1. The topological polar surface area (TPSA) is 108 Å². The van der Waals surface area contributed by atoms with Crippen LogP contribution in [-0.4, -0.2) is 48.8 Å². The normalized spacial score (nSPS) is 12.5. The van der Waals surface area contributed by atoms with Gasteiger partial charge in [-0.05, 0) is 42.9 Å². The van der Waals surface area contributed by atoms with E-state index in [1.54, 1.807) is 30.5 Å². The van der Waals surface area contributed by atoms with Gasteiger partial charge in [-0.25, -0.2) is 0 Å². The number of nitrogens with zero attached hydrogens (tertiary/aromatic N) is 3. The third-order valence-corrected chi connectivity index (χ3v) is 11.3. The molecule has 0 aliphatic carbocycles. The number of aliphatic hydroxyl groups excluding tert-OH is 1. The molecule has 2 N–H and O–H groups in total. The molecule has 1 atom stereocenters. The molecule has 0 aliphatic rings. The first kappa shape index (κ1) is 33.1. The minimum absolute atomic E-state index is 0.0812. The smallest absolute Gasteiger partial charge is 0.257 e. The zero-order valence-corrected chi connectivity index (χ0v) is 28.5. The molecule has 0 aliphatic heterocycles. The lowest BCUT2D eigenvalue weighted by atomic mass is 10.1. The molecule has 228 valence electrons. The number of hydrogen-bond donors (Lipinski definition) is 2. The van der Waals surface area contributed by atoms with Crippen LogP contribution in [0.5, 0.6) is 0 Å². The number of aromatic nitrogens is 1. The summed E-state index contributed by atoms with van der Waals surface area (Å²) in [4.78, 5) is 31.1. The van der Waals surface area contributed by atoms with Crippen LogP contribution in [0.25, 0.3) is 10.2 Å². The first-order valence-corrected chi connectivity index (χ1v) is 19.7. The van der Waals surface area contributed by atoms with E-state index in [1.807, 2.05) is 35.7 Å². The first-order valence-electron chi connectivity index (χ1n) is 14.0. The van der Waals surface area contributed by atoms with Crippen LogP contribution in [0.1, 0.15) is 42.2 Å². The molecule has 1 aromatic carbocycles. The van der Waals surface area contributed by atoms with Crippen molar-refractivity contribution in [2.24, 2.45) is 7.05 Å². The SMILES string of the molecule is CN(Cc1sc2c(=O)c(C(=O)NCc3ccc(Cl)cc3)cn(C)c2c1COCC[Si](C)(C)C)CC(O)c1ccc(C#N)s1. The fourth-order valence-corrected chi connectivity index (χ4v) is 7.67. The quantitative estimate of drug-likeness (QED) is 0.132. The van der Waals surface area contributed by atoms with Gasteiger partial charge in [0.05, 0.1) is 16.8 Å². The molecule has 0 bridgehead atoms. The number of ether oxygens (including phenoxy) is 1. The largest absolute Gasteiger partial charge is 0.386 e. The lowest BCUT2D eigenvalue weighted by Gasteiger charge is -2.20. The van der Waals surface area contributed by atoms with Gasteiger partial charge in [-0.1, -0.05) is 43.4 Å². The van der Waals surface area contributed by atoms with Crippen molar-refractivity contribution in [1.29, 1.82) is 5.26 Å². The molecule has 43 heavy (non-hydrogen) atoms. The summed E-state index contributed by atoms with van der Waals surface area (Å²) in [6, 6.07) is 13.8. The van der Waals surface area contributed by atoms with E-state index in [0.717, 1.165) is 32.4 Å². The second kappa shape index (κ2) is 14.3. The zero-order valence-electron chi connectivity index (χ0n) is 25.1. The summed E-state index contributed by atoms with van der Waals surface area (Å²) in [6.45, 7) is 9.01. The number of amides is 1. The molecule has 3 aromatic heterocycles.